The third kappa shape index (κ3) is 4.37. The molecule has 1 aromatic heterocycles. The van der Waals surface area contributed by atoms with Gasteiger partial charge in [-0.15, -0.1) is 0 Å². The molecule has 0 saturated carbocycles. The molecule has 28 heavy (non-hydrogen) atoms. The summed E-state index contributed by atoms with van der Waals surface area (Å²) in [5, 5.41) is 4.09. The van der Waals surface area contributed by atoms with Crippen molar-refractivity contribution >= 4 is 34.7 Å². The lowest BCUT2D eigenvalue weighted by molar-refractivity contribution is 0.647. The molecule has 0 amide bonds. The van der Waals surface area contributed by atoms with Crippen molar-refractivity contribution in [1.82, 2.24) is 9.97 Å². The summed E-state index contributed by atoms with van der Waals surface area (Å²) in [6, 6.07) is 18.3. The Kier molecular flexibility index (Phi) is 5.35. The van der Waals surface area contributed by atoms with E-state index in [-0.39, 0.29) is 0 Å². The highest BCUT2D eigenvalue weighted by molar-refractivity contribution is 6.30. The fraction of sp³-hybridized carbons (Fsp3) is 0.273. The monoisotopic (exact) mass is 393 g/mol. The highest BCUT2D eigenvalue weighted by Crippen LogP contribution is 2.24. The number of aryl methyl sites for hydroxylation is 2. The van der Waals surface area contributed by atoms with E-state index in [4.69, 9.17) is 16.6 Å². The molecule has 0 spiro atoms. The molecule has 1 saturated heterocycles. The van der Waals surface area contributed by atoms with Gasteiger partial charge < -0.3 is 15.1 Å². The van der Waals surface area contributed by atoms with Crippen LogP contribution in [0, 0.1) is 13.8 Å². The van der Waals surface area contributed by atoms with E-state index in [1.807, 2.05) is 37.3 Å². The van der Waals surface area contributed by atoms with E-state index in [0.29, 0.717) is 5.95 Å². The topological polar surface area (TPSA) is 44.3 Å². The van der Waals surface area contributed by atoms with Gasteiger partial charge in [0.05, 0.1) is 0 Å². The summed E-state index contributed by atoms with van der Waals surface area (Å²) in [5.41, 5.74) is 4.35. The van der Waals surface area contributed by atoms with Crippen molar-refractivity contribution in [3.8, 4) is 0 Å². The van der Waals surface area contributed by atoms with Crippen LogP contribution in [0.5, 0.6) is 0 Å². The molecule has 0 aliphatic carbocycles. The van der Waals surface area contributed by atoms with Crippen LogP contribution in [0.15, 0.2) is 54.6 Å². The van der Waals surface area contributed by atoms with Crippen LogP contribution >= 0.6 is 11.6 Å². The first-order valence-electron chi connectivity index (χ1n) is 9.52. The van der Waals surface area contributed by atoms with Gasteiger partial charge in [-0.25, -0.2) is 4.98 Å². The molecule has 144 valence electrons. The normalized spacial score (nSPS) is 14.2. The van der Waals surface area contributed by atoms with E-state index in [9.17, 15) is 0 Å². The van der Waals surface area contributed by atoms with Gasteiger partial charge in [0.2, 0.25) is 5.95 Å². The van der Waals surface area contributed by atoms with E-state index in [1.54, 1.807) is 0 Å². The summed E-state index contributed by atoms with van der Waals surface area (Å²) in [5.74, 6) is 1.60. The van der Waals surface area contributed by atoms with Gasteiger partial charge in [0, 0.05) is 54.3 Å². The number of hydrogen-bond acceptors (Lipinski definition) is 5. The maximum atomic E-state index is 6.14. The molecular formula is C22H24ClN5. The molecule has 6 heteroatoms. The largest absolute Gasteiger partial charge is 0.368 e. The number of rotatable bonds is 4. The molecule has 2 aromatic carbocycles. The molecule has 1 fully saturated rings. The SMILES string of the molecule is Cc1ccc(Nc2nc(C)cc(N3CCN(c4cccc(Cl)c4)CC3)n2)cc1. The van der Waals surface area contributed by atoms with Crippen LogP contribution in [0.2, 0.25) is 5.02 Å². The molecule has 0 atom stereocenters. The molecule has 0 radical (unpaired) electrons. The van der Waals surface area contributed by atoms with E-state index in [1.165, 1.54) is 11.3 Å². The Morgan fingerprint density at radius 2 is 1.57 bits per heavy atom. The van der Waals surface area contributed by atoms with Crippen LogP contribution in [0.3, 0.4) is 0 Å². The standard InChI is InChI=1S/C22H24ClN5/c1-16-6-8-19(9-7-16)25-22-24-17(2)14-21(26-22)28-12-10-27(11-13-28)20-5-3-4-18(23)15-20/h3-9,14-15H,10-13H2,1-2H3,(H,24,25,26). The van der Waals surface area contributed by atoms with Crippen LogP contribution < -0.4 is 15.1 Å². The molecule has 1 N–H and O–H groups in total. The highest BCUT2D eigenvalue weighted by Gasteiger charge is 2.19. The molecule has 2 heterocycles. The number of piperazine rings is 1. The molecular weight excluding hydrogens is 370 g/mol. The molecule has 4 rings (SSSR count). The zero-order valence-electron chi connectivity index (χ0n) is 16.2. The van der Waals surface area contributed by atoms with Crippen molar-refractivity contribution in [3.05, 3.63) is 70.9 Å². The lowest BCUT2D eigenvalue weighted by atomic mass is 10.2. The first-order valence-corrected chi connectivity index (χ1v) is 9.89. The maximum absolute atomic E-state index is 6.14. The third-order valence-electron chi connectivity index (χ3n) is 4.93. The number of nitrogens with one attached hydrogen (secondary N) is 1. The number of aromatic nitrogens is 2. The Labute approximate surface area is 171 Å². The average molecular weight is 394 g/mol. The fourth-order valence-corrected chi connectivity index (χ4v) is 3.59. The van der Waals surface area contributed by atoms with Gasteiger partial charge in [0.15, 0.2) is 0 Å². The fourth-order valence-electron chi connectivity index (χ4n) is 3.40. The quantitative estimate of drug-likeness (QED) is 0.688. The molecule has 0 unspecified atom stereocenters. The highest BCUT2D eigenvalue weighted by atomic mass is 35.5. The van der Waals surface area contributed by atoms with Crippen molar-refractivity contribution in [2.75, 3.05) is 41.3 Å². The van der Waals surface area contributed by atoms with Crippen LogP contribution in [-0.2, 0) is 0 Å². The Balaban J connectivity index is 1.46. The molecule has 1 aliphatic heterocycles. The second-order valence-corrected chi connectivity index (χ2v) is 7.57. The summed E-state index contributed by atoms with van der Waals surface area (Å²) in [7, 11) is 0. The Hall–Kier alpha value is -2.79. The van der Waals surface area contributed by atoms with Gasteiger partial charge in [-0.1, -0.05) is 35.4 Å². The zero-order chi connectivity index (χ0) is 19.5. The Morgan fingerprint density at radius 1 is 0.857 bits per heavy atom. The van der Waals surface area contributed by atoms with Crippen LogP contribution in [0.4, 0.5) is 23.1 Å². The summed E-state index contributed by atoms with van der Waals surface area (Å²) < 4.78 is 0. The van der Waals surface area contributed by atoms with Gasteiger partial charge >= 0.3 is 0 Å². The third-order valence-corrected chi connectivity index (χ3v) is 5.16. The van der Waals surface area contributed by atoms with E-state index in [0.717, 1.165) is 48.4 Å². The van der Waals surface area contributed by atoms with Gasteiger partial charge in [0.1, 0.15) is 5.82 Å². The van der Waals surface area contributed by atoms with Crippen molar-refractivity contribution in [1.29, 1.82) is 0 Å². The zero-order valence-corrected chi connectivity index (χ0v) is 16.9. The first kappa shape index (κ1) is 18.6. The minimum absolute atomic E-state index is 0.635. The number of benzene rings is 2. The molecule has 1 aliphatic rings. The molecule has 0 bridgehead atoms. The molecule has 3 aromatic rings. The van der Waals surface area contributed by atoms with Gasteiger partial charge in [0.25, 0.3) is 0 Å². The second-order valence-electron chi connectivity index (χ2n) is 7.14. The Bertz CT molecular complexity index is 949. The van der Waals surface area contributed by atoms with Crippen LogP contribution in [-0.4, -0.2) is 36.1 Å². The summed E-state index contributed by atoms with van der Waals surface area (Å²) >= 11 is 6.14. The second kappa shape index (κ2) is 8.07. The van der Waals surface area contributed by atoms with Gasteiger partial charge in [-0.2, -0.15) is 4.98 Å². The Morgan fingerprint density at radius 3 is 2.29 bits per heavy atom. The lowest BCUT2D eigenvalue weighted by Crippen LogP contribution is -2.46. The maximum Gasteiger partial charge on any atom is 0.229 e. The minimum Gasteiger partial charge on any atom is -0.368 e. The number of nitrogens with zero attached hydrogens (tertiary/aromatic N) is 4. The summed E-state index contributed by atoms with van der Waals surface area (Å²) in [4.78, 5) is 14.0. The lowest BCUT2D eigenvalue weighted by Gasteiger charge is -2.37. The summed E-state index contributed by atoms with van der Waals surface area (Å²) in [6.45, 7) is 7.77. The van der Waals surface area contributed by atoms with Crippen LogP contribution in [0.25, 0.3) is 0 Å². The number of hydrogen-bond donors (Lipinski definition) is 1. The van der Waals surface area contributed by atoms with E-state index >= 15 is 0 Å². The van der Waals surface area contributed by atoms with Crippen molar-refractivity contribution in [3.63, 3.8) is 0 Å². The average Bonchev–Trinajstić information content (AvgIpc) is 2.69. The van der Waals surface area contributed by atoms with Crippen molar-refractivity contribution in [2.45, 2.75) is 13.8 Å². The van der Waals surface area contributed by atoms with Crippen molar-refractivity contribution < 1.29 is 0 Å². The predicted octanol–water partition coefficient (Wildman–Crippen LogP) is 4.82. The smallest absolute Gasteiger partial charge is 0.229 e. The minimum atomic E-state index is 0.635. The van der Waals surface area contributed by atoms with Crippen LogP contribution in [0.1, 0.15) is 11.3 Å². The van der Waals surface area contributed by atoms with Crippen molar-refractivity contribution in [2.24, 2.45) is 0 Å². The first-order chi connectivity index (χ1) is 13.6. The van der Waals surface area contributed by atoms with Gasteiger partial charge in [-0.05, 0) is 44.2 Å². The summed E-state index contributed by atoms with van der Waals surface area (Å²) in [6.07, 6.45) is 0. The van der Waals surface area contributed by atoms with E-state index < -0.39 is 0 Å². The molecule has 5 nitrogen and oxygen atoms in total. The number of anilines is 4. The van der Waals surface area contributed by atoms with E-state index in [2.05, 4.69) is 51.3 Å². The van der Waals surface area contributed by atoms with Gasteiger partial charge in [-0.3, -0.25) is 0 Å². The number of halogens is 1. The predicted molar refractivity (Wildman–Crippen MR) is 117 cm³/mol.